The molecule has 1 saturated heterocycles. The SMILES string of the molecule is C/C=C\C(C#N)=N/CN1CCN(Cc2ccc(-n3c(-c4cccnc4N)nc4ccc(C(=C/C)/C(F)=C\C)nc43)cc2)CC1.C=C.CC.CC. The second-order valence-corrected chi connectivity index (χ2v) is 10.4. The highest BCUT2D eigenvalue weighted by Gasteiger charge is 2.20. The van der Waals surface area contributed by atoms with E-state index in [4.69, 9.17) is 15.7 Å². The molecule has 0 spiro atoms. The zero-order valence-electron chi connectivity index (χ0n) is 30.7. The first-order valence-corrected chi connectivity index (χ1v) is 17.2. The van der Waals surface area contributed by atoms with Gasteiger partial charge in [0.2, 0.25) is 0 Å². The van der Waals surface area contributed by atoms with E-state index in [2.05, 4.69) is 63.3 Å². The van der Waals surface area contributed by atoms with E-state index in [1.165, 1.54) is 11.6 Å². The van der Waals surface area contributed by atoms with Gasteiger partial charge in [-0.3, -0.25) is 19.4 Å². The molecule has 0 atom stereocenters. The van der Waals surface area contributed by atoms with Crippen LogP contribution in [0.4, 0.5) is 10.2 Å². The fraction of sp³-hybridized carbons (Fsp3) is 0.325. The molecule has 0 unspecified atom stereocenters. The van der Waals surface area contributed by atoms with Crippen molar-refractivity contribution in [1.29, 1.82) is 5.26 Å². The molecule has 0 amide bonds. The van der Waals surface area contributed by atoms with Crippen LogP contribution in [-0.2, 0) is 6.54 Å². The van der Waals surface area contributed by atoms with Crippen molar-refractivity contribution in [3.63, 3.8) is 0 Å². The number of fused-ring (bicyclic) bond motifs is 1. The zero-order chi connectivity index (χ0) is 37.1. The van der Waals surface area contributed by atoms with Crippen LogP contribution in [0.15, 0.2) is 103 Å². The van der Waals surface area contributed by atoms with Crippen LogP contribution >= 0.6 is 0 Å². The summed E-state index contributed by atoms with van der Waals surface area (Å²) in [5, 5.41) is 9.19. The predicted octanol–water partition coefficient (Wildman–Crippen LogP) is 8.81. The van der Waals surface area contributed by atoms with E-state index in [0.29, 0.717) is 52.0 Å². The van der Waals surface area contributed by atoms with Crippen molar-refractivity contribution in [2.75, 3.05) is 38.6 Å². The molecule has 1 fully saturated rings. The van der Waals surface area contributed by atoms with E-state index < -0.39 is 0 Å². The minimum Gasteiger partial charge on any atom is -0.383 e. The van der Waals surface area contributed by atoms with Gasteiger partial charge in [0.1, 0.15) is 28.9 Å². The summed E-state index contributed by atoms with van der Waals surface area (Å²) < 4.78 is 16.6. The smallest absolute Gasteiger partial charge is 0.165 e. The minimum atomic E-state index is -0.333. The number of hydrogen-bond acceptors (Lipinski definition) is 8. The summed E-state index contributed by atoms with van der Waals surface area (Å²) in [7, 11) is 0. The third-order valence-electron chi connectivity index (χ3n) is 7.61. The van der Waals surface area contributed by atoms with Crippen molar-refractivity contribution in [3.05, 3.63) is 109 Å². The second-order valence-electron chi connectivity index (χ2n) is 10.4. The van der Waals surface area contributed by atoms with Gasteiger partial charge in [-0.05, 0) is 68.8 Å². The number of nitrogens with two attached hydrogens (primary N) is 1. The van der Waals surface area contributed by atoms with Gasteiger partial charge in [-0.2, -0.15) is 5.26 Å². The average Bonchev–Trinajstić information content (AvgIpc) is 3.55. The van der Waals surface area contributed by atoms with E-state index in [1.807, 2.05) is 63.5 Å². The largest absolute Gasteiger partial charge is 0.383 e. The van der Waals surface area contributed by atoms with Crippen molar-refractivity contribution in [2.45, 2.75) is 55.0 Å². The third kappa shape index (κ3) is 10.4. The second kappa shape index (κ2) is 21.7. The standard InChI is InChI=1S/C34H36FN9.2C2H6.C2H4/c1-4-8-25(21-36)39-23-43-19-17-42(18-20-43)22-24-10-12-26(13-11-24)44-33(28-9-7-16-38-32(28)37)41-31-15-14-30(40-34(31)44)27(5-2)29(35)6-3;3*1-2/h4-16H,17-20,22-23H2,1-3H3,(H2,37,38);2*1-2H3;1-2H2/b8-4-,27-5+,29-6+,39-25+;;;. The number of piperazine rings is 1. The van der Waals surface area contributed by atoms with Gasteiger partial charge in [-0.15, -0.1) is 13.2 Å². The zero-order valence-corrected chi connectivity index (χ0v) is 30.7. The first-order chi connectivity index (χ1) is 24.4. The van der Waals surface area contributed by atoms with Crippen LogP contribution in [-0.4, -0.2) is 67.9 Å². The number of pyridine rings is 2. The Labute approximate surface area is 297 Å². The summed E-state index contributed by atoms with van der Waals surface area (Å²) in [5.41, 5.74) is 11.7. The Bertz CT molecular complexity index is 1800. The predicted molar refractivity (Wildman–Crippen MR) is 209 cm³/mol. The molecular formula is C40H52FN9. The molecule has 0 radical (unpaired) electrons. The Balaban J connectivity index is 0.00000137. The molecule has 0 bridgehead atoms. The van der Waals surface area contributed by atoms with Gasteiger partial charge in [0.15, 0.2) is 11.5 Å². The van der Waals surface area contributed by atoms with Gasteiger partial charge >= 0.3 is 0 Å². The van der Waals surface area contributed by atoms with Crippen molar-refractivity contribution >= 4 is 28.3 Å². The van der Waals surface area contributed by atoms with Crippen molar-refractivity contribution in [2.24, 2.45) is 4.99 Å². The lowest BCUT2D eigenvalue weighted by atomic mass is 10.1. The van der Waals surface area contributed by atoms with E-state index in [9.17, 15) is 9.65 Å². The first-order valence-electron chi connectivity index (χ1n) is 17.2. The molecule has 50 heavy (non-hydrogen) atoms. The van der Waals surface area contributed by atoms with Gasteiger partial charge in [-0.25, -0.2) is 19.3 Å². The number of rotatable bonds is 9. The Morgan fingerprint density at radius 1 is 0.940 bits per heavy atom. The fourth-order valence-electron chi connectivity index (χ4n) is 5.26. The van der Waals surface area contributed by atoms with Crippen LogP contribution in [0.3, 0.4) is 0 Å². The molecule has 9 nitrogen and oxygen atoms in total. The van der Waals surface area contributed by atoms with Crippen LogP contribution in [0.2, 0.25) is 0 Å². The summed E-state index contributed by atoms with van der Waals surface area (Å²) >= 11 is 0. The number of allylic oxidation sites excluding steroid dienone is 6. The molecular weight excluding hydrogens is 626 g/mol. The highest BCUT2D eigenvalue weighted by Crippen LogP contribution is 2.32. The topological polar surface area (TPSA) is 112 Å². The maximum Gasteiger partial charge on any atom is 0.165 e. The van der Waals surface area contributed by atoms with E-state index in [-0.39, 0.29) is 5.83 Å². The Morgan fingerprint density at radius 3 is 2.18 bits per heavy atom. The number of nitrogen functional groups attached to an aromatic ring is 1. The molecule has 10 heteroatoms. The molecule has 0 aliphatic carbocycles. The Morgan fingerprint density at radius 2 is 1.60 bits per heavy atom. The number of nitriles is 1. The molecule has 264 valence electrons. The number of aromatic nitrogens is 4. The van der Waals surface area contributed by atoms with E-state index in [1.54, 1.807) is 38.3 Å². The molecule has 3 aromatic heterocycles. The van der Waals surface area contributed by atoms with Crippen molar-refractivity contribution in [1.82, 2.24) is 29.3 Å². The summed E-state index contributed by atoms with van der Waals surface area (Å²) in [4.78, 5) is 23.1. The minimum absolute atomic E-state index is 0.333. The van der Waals surface area contributed by atoms with E-state index >= 15 is 0 Å². The number of aliphatic imine (C=N–C) groups is 1. The molecule has 2 N–H and O–H groups in total. The third-order valence-corrected chi connectivity index (χ3v) is 7.61. The first kappa shape index (κ1) is 40.9. The number of imidazole rings is 1. The molecule has 4 aromatic rings. The molecule has 4 heterocycles. The summed E-state index contributed by atoms with van der Waals surface area (Å²) in [6.07, 6.45) is 8.37. The van der Waals surface area contributed by atoms with Crippen molar-refractivity contribution in [3.8, 4) is 23.1 Å². The number of hydrogen-bond donors (Lipinski definition) is 1. The molecule has 1 aromatic carbocycles. The lowest BCUT2D eigenvalue weighted by Gasteiger charge is -2.33. The van der Waals surface area contributed by atoms with Gasteiger partial charge < -0.3 is 5.73 Å². The summed E-state index contributed by atoms with van der Waals surface area (Å²) in [5.74, 6) is 0.649. The van der Waals surface area contributed by atoms with Gasteiger partial charge in [0.05, 0.1) is 17.9 Å². The van der Waals surface area contributed by atoms with E-state index in [0.717, 1.165) is 38.4 Å². The Kier molecular flexibility index (Phi) is 17.7. The Hall–Kier alpha value is -5.24. The highest BCUT2D eigenvalue weighted by molar-refractivity contribution is 6.07. The number of anilines is 1. The van der Waals surface area contributed by atoms with Crippen LogP contribution < -0.4 is 5.73 Å². The van der Waals surface area contributed by atoms with Crippen molar-refractivity contribution < 1.29 is 4.39 Å². The molecule has 1 aliphatic heterocycles. The quantitative estimate of drug-likeness (QED) is 0.107. The number of halogens is 1. The highest BCUT2D eigenvalue weighted by atomic mass is 19.1. The van der Waals surface area contributed by atoms with Crippen LogP contribution in [0, 0.1) is 11.3 Å². The van der Waals surface area contributed by atoms with Gasteiger partial charge in [0.25, 0.3) is 0 Å². The molecule has 5 rings (SSSR count). The summed E-state index contributed by atoms with van der Waals surface area (Å²) in [6.45, 7) is 24.3. The lowest BCUT2D eigenvalue weighted by molar-refractivity contribution is 0.130. The monoisotopic (exact) mass is 677 g/mol. The van der Waals surface area contributed by atoms with Gasteiger partial charge in [-0.1, -0.05) is 58.1 Å². The number of nitrogens with zero attached hydrogens (tertiary/aromatic N) is 8. The lowest BCUT2D eigenvalue weighted by Crippen LogP contribution is -2.45. The van der Waals surface area contributed by atoms with Crippen LogP contribution in [0.5, 0.6) is 0 Å². The number of benzene rings is 1. The summed E-state index contributed by atoms with van der Waals surface area (Å²) in [6, 6.07) is 17.8. The maximum atomic E-state index is 14.7. The maximum absolute atomic E-state index is 14.7. The van der Waals surface area contributed by atoms with Crippen LogP contribution in [0.1, 0.15) is 59.7 Å². The normalized spacial score (nSPS) is 14.2. The fourth-order valence-corrected chi connectivity index (χ4v) is 5.26. The van der Waals surface area contributed by atoms with Gasteiger partial charge in [0, 0.05) is 50.2 Å². The molecule has 0 saturated carbocycles. The molecule has 1 aliphatic rings. The average molecular weight is 678 g/mol. The van der Waals surface area contributed by atoms with Crippen LogP contribution in [0.25, 0.3) is 33.8 Å².